The Morgan fingerprint density at radius 2 is 2.14 bits per heavy atom. The van der Waals surface area contributed by atoms with E-state index >= 15 is 0 Å². The molecule has 35 heavy (non-hydrogen) atoms. The predicted octanol–water partition coefficient (Wildman–Crippen LogP) is 2.21. The third kappa shape index (κ3) is 4.36. The number of aliphatic hydroxyl groups excluding tert-OH is 1. The van der Waals surface area contributed by atoms with Crippen LogP contribution in [-0.4, -0.2) is 68.0 Å². The van der Waals surface area contributed by atoms with Gasteiger partial charge in [0.25, 0.3) is 0 Å². The summed E-state index contributed by atoms with van der Waals surface area (Å²) in [6, 6.07) is 4.00. The topological polar surface area (TPSA) is 138 Å². The van der Waals surface area contributed by atoms with Crippen LogP contribution in [0.15, 0.2) is 24.5 Å². The highest BCUT2D eigenvalue weighted by Gasteiger charge is 2.39. The monoisotopic (exact) mass is 479 g/mol. The van der Waals surface area contributed by atoms with Gasteiger partial charge < -0.3 is 26.0 Å². The highest BCUT2D eigenvalue weighted by atomic mass is 16.3. The first-order valence-corrected chi connectivity index (χ1v) is 12.2. The summed E-state index contributed by atoms with van der Waals surface area (Å²) in [7, 11) is 0. The van der Waals surface area contributed by atoms with Crippen molar-refractivity contribution in [1.29, 1.82) is 0 Å². The van der Waals surface area contributed by atoms with E-state index in [1.54, 1.807) is 12.3 Å². The molecular formula is C24H33N9O2. The zero-order valence-electron chi connectivity index (χ0n) is 20.5. The predicted molar refractivity (Wildman–Crippen MR) is 135 cm³/mol. The van der Waals surface area contributed by atoms with Gasteiger partial charge in [-0.05, 0) is 39.2 Å². The number of fused-ring (bicyclic) bond motifs is 1. The number of aliphatic hydroxyl groups is 1. The van der Waals surface area contributed by atoms with Gasteiger partial charge in [-0.2, -0.15) is 10.1 Å². The highest BCUT2D eigenvalue weighted by Crippen LogP contribution is 2.34. The van der Waals surface area contributed by atoms with E-state index in [9.17, 15) is 9.90 Å². The Morgan fingerprint density at radius 3 is 2.83 bits per heavy atom. The number of β-amino-alcohol motifs (C(OH)–C–C–N with tert-alkyl or cyclic N) is 1. The molecule has 3 aromatic heterocycles. The number of aromatic nitrogens is 5. The molecule has 5 heterocycles. The lowest BCUT2D eigenvalue weighted by atomic mass is 9.89. The van der Waals surface area contributed by atoms with Crippen molar-refractivity contribution in [2.24, 2.45) is 11.1 Å². The number of nitrogens with zero attached hydrogens (tertiary/aromatic N) is 7. The molecule has 11 heteroatoms. The van der Waals surface area contributed by atoms with Gasteiger partial charge in [-0.25, -0.2) is 9.97 Å². The number of nitrogens with one attached hydrogen (secondary N) is 1. The standard InChI is InChI=1S/C24H33N9O2/c1-4-15(2)33-18-11-20(27-12-17(18)21(30-33)31-9-6-16(34)13-31)28-19-5-8-26-23(29-19)32-10-7-24(3,14-32)22(25)35/h5,8,11-12,15-16,34H,4,6-7,9-10,13-14H2,1-3H3,(H2,25,35)(H,26,27,28,29). The van der Waals surface area contributed by atoms with E-state index < -0.39 is 5.41 Å². The average molecular weight is 480 g/mol. The van der Waals surface area contributed by atoms with Crippen molar-refractivity contribution < 1.29 is 9.90 Å². The van der Waals surface area contributed by atoms with Gasteiger partial charge >= 0.3 is 0 Å². The van der Waals surface area contributed by atoms with Crippen molar-refractivity contribution in [3.05, 3.63) is 24.5 Å². The van der Waals surface area contributed by atoms with Crippen LogP contribution in [0, 0.1) is 5.41 Å². The summed E-state index contributed by atoms with van der Waals surface area (Å²) in [4.78, 5) is 29.6. The SMILES string of the molecule is CCC(C)n1nc(N2CCC(O)C2)c2cnc(Nc3ccnc(N4CCC(C)(C(N)=O)C4)n3)cc21. The lowest BCUT2D eigenvalue weighted by Crippen LogP contribution is -2.37. The molecule has 2 fully saturated rings. The Morgan fingerprint density at radius 1 is 1.31 bits per heavy atom. The number of hydrogen-bond acceptors (Lipinski definition) is 9. The summed E-state index contributed by atoms with van der Waals surface area (Å²) in [5, 5.41) is 19.2. The molecule has 0 saturated carbocycles. The molecule has 0 bridgehead atoms. The van der Waals surface area contributed by atoms with E-state index in [2.05, 4.69) is 39.0 Å². The number of primary amides is 1. The molecule has 0 spiro atoms. The van der Waals surface area contributed by atoms with Crippen molar-refractivity contribution >= 4 is 40.2 Å². The van der Waals surface area contributed by atoms with Crippen LogP contribution < -0.4 is 20.9 Å². The first kappa shape index (κ1) is 23.3. The Bertz CT molecular complexity index is 1240. The molecule has 186 valence electrons. The van der Waals surface area contributed by atoms with Gasteiger partial charge in [0.05, 0.1) is 22.4 Å². The molecule has 11 nitrogen and oxygen atoms in total. The van der Waals surface area contributed by atoms with Crippen LogP contribution in [0.1, 0.15) is 46.1 Å². The molecule has 5 rings (SSSR count). The van der Waals surface area contributed by atoms with Gasteiger partial charge in [-0.15, -0.1) is 0 Å². The minimum Gasteiger partial charge on any atom is -0.391 e. The molecule has 3 aromatic rings. The van der Waals surface area contributed by atoms with Gasteiger partial charge in [0, 0.05) is 50.7 Å². The minimum absolute atomic E-state index is 0.217. The van der Waals surface area contributed by atoms with Crippen LogP contribution in [0.25, 0.3) is 10.9 Å². The second-order valence-electron chi connectivity index (χ2n) is 9.96. The van der Waals surface area contributed by atoms with Gasteiger partial charge in [-0.3, -0.25) is 9.48 Å². The number of carbonyl (C=O) groups is 1. The number of carbonyl (C=O) groups excluding carboxylic acids is 1. The average Bonchev–Trinajstić information content (AvgIpc) is 3.56. The Hall–Kier alpha value is -3.47. The Kier molecular flexibility index (Phi) is 5.96. The van der Waals surface area contributed by atoms with Crippen molar-refractivity contribution in [2.75, 3.05) is 41.3 Å². The zero-order valence-corrected chi connectivity index (χ0v) is 20.5. The number of rotatable bonds is 7. The molecule has 0 aromatic carbocycles. The Balaban J connectivity index is 1.42. The smallest absolute Gasteiger partial charge is 0.227 e. The summed E-state index contributed by atoms with van der Waals surface area (Å²) in [6.45, 7) is 8.71. The van der Waals surface area contributed by atoms with Crippen molar-refractivity contribution in [3.8, 4) is 0 Å². The summed E-state index contributed by atoms with van der Waals surface area (Å²) < 4.78 is 2.04. The van der Waals surface area contributed by atoms with E-state index in [1.165, 1.54) is 0 Å². The third-order valence-electron chi connectivity index (χ3n) is 7.29. The van der Waals surface area contributed by atoms with Crippen LogP contribution in [-0.2, 0) is 4.79 Å². The van der Waals surface area contributed by atoms with E-state index in [0.29, 0.717) is 43.6 Å². The molecule has 2 aliphatic heterocycles. The lowest BCUT2D eigenvalue weighted by Gasteiger charge is -2.21. The molecule has 2 aliphatic rings. The second-order valence-corrected chi connectivity index (χ2v) is 9.96. The molecule has 0 aliphatic carbocycles. The highest BCUT2D eigenvalue weighted by molar-refractivity contribution is 5.92. The maximum absolute atomic E-state index is 11.8. The summed E-state index contributed by atoms with van der Waals surface area (Å²) >= 11 is 0. The number of pyridine rings is 1. The first-order valence-electron chi connectivity index (χ1n) is 12.2. The van der Waals surface area contributed by atoms with E-state index in [1.807, 2.05) is 28.8 Å². The van der Waals surface area contributed by atoms with Crippen molar-refractivity contribution in [2.45, 2.75) is 52.2 Å². The molecule has 2 saturated heterocycles. The van der Waals surface area contributed by atoms with Gasteiger partial charge in [0.15, 0.2) is 5.82 Å². The maximum atomic E-state index is 11.8. The number of hydrogen-bond donors (Lipinski definition) is 3. The van der Waals surface area contributed by atoms with E-state index in [-0.39, 0.29) is 18.1 Å². The summed E-state index contributed by atoms with van der Waals surface area (Å²) in [5.74, 6) is 2.40. The quantitative estimate of drug-likeness (QED) is 0.465. The number of nitrogens with two attached hydrogens (primary N) is 1. The summed E-state index contributed by atoms with van der Waals surface area (Å²) in [5.41, 5.74) is 6.00. The van der Waals surface area contributed by atoms with Crippen molar-refractivity contribution in [3.63, 3.8) is 0 Å². The minimum atomic E-state index is -0.573. The maximum Gasteiger partial charge on any atom is 0.227 e. The molecule has 0 radical (unpaired) electrons. The van der Waals surface area contributed by atoms with E-state index in [4.69, 9.17) is 10.8 Å². The van der Waals surface area contributed by atoms with Crippen LogP contribution in [0.5, 0.6) is 0 Å². The lowest BCUT2D eigenvalue weighted by molar-refractivity contribution is -0.125. The fourth-order valence-electron chi connectivity index (χ4n) is 4.80. The molecule has 4 N–H and O–H groups in total. The van der Waals surface area contributed by atoms with Crippen LogP contribution in [0.3, 0.4) is 0 Å². The molecular weight excluding hydrogens is 446 g/mol. The van der Waals surface area contributed by atoms with Crippen LogP contribution in [0.2, 0.25) is 0 Å². The number of amides is 1. The van der Waals surface area contributed by atoms with Crippen LogP contribution >= 0.6 is 0 Å². The second kappa shape index (κ2) is 8.95. The largest absolute Gasteiger partial charge is 0.391 e. The zero-order chi connectivity index (χ0) is 24.7. The van der Waals surface area contributed by atoms with Gasteiger partial charge in [0.2, 0.25) is 11.9 Å². The number of anilines is 4. The fraction of sp³-hybridized carbons (Fsp3) is 0.542. The first-order chi connectivity index (χ1) is 16.8. The third-order valence-corrected chi connectivity index (χ3v) is 7.29. The molecule has 3 unspecified atom stereocenters. The molecule has 1 amide bonds. The molecule has 3 atom stereocenters. The fourth-order valence-corrected chi connectivity index (χ4v) is 4.80. The summed E-state index contributed by atoms with van der Waals surface area (Å²) in [6.07, 6.45) is 5.58. The van der Waals surface area contributed by atoms with Crippen LogP contribution in [0.4, 0.5) is 23.4 Å². The van der Waals surface area contributed by atoms with Crippen molar-refractivity contribution in [1.82, 2.24) is 24.7 Å². The Labute approximate surface area is 204 Å². The van der Waals surface area contributed by atoms with Gasteiger partial charge in [-0.1, -0.05) is 6.92 Å². The normalized spacial score (nSPS) is 23.3. The van der Waals surface area contributed by atoms with Gasteiger partial charge in [0.1, 0.15) is 11.6 Å². The van der Waals surface area contributed by atoms with E-state index in [0.717, 1.165) is 36.1 Å².